The number of benzene rings is 2. The van der Waals surface area contributed by atoms with Crippen LogP contribution in [0.4, 0.5) is 0 Å². The number of fused-ring (bicyclic) bond motifs is 1. The third-order valence-corrected chi connectivity index (χ3v) is 6.92. The molecule has 0 saturated heterocycles. The number of aromatic hydroxyl groups is 1. The molecular formula is C23H18BrN5O2S. The van der Waals surface area contributed by atoms with Gasteiger partial charge in [-0.1, -0.05) is 6.07 Å². The van der Waals surface area contributed by atoms with Crippen LogP contribution in [0, 0.1) is 22.7 Å². The molecule has 9 heteroatoms. The number of rotatable bonds is 6. The largest absolute Gasteiger partial charge is 0.506 e. The summed E-state index contributed by atoms with van der Waals surface area (Å²) in [5.74, 6) is 1.64. The topological polar surface area (TPSA) is 99.8 Å². The van der Waals surface area contributed by atoms with E-state index in [-0.39, 0.29) is 23.7 Å². The number of ether oxygens (including phenoxy) is 1. The Hall–Kier alpha value is -3.40. The highest BCUT2D eigenvalue weighted by Crippen LogP contribution is 2.38. The lowest BCUT2D eigenvalue weighted by atomic mass is 10.1. The third-order valence-electron chi connectivity index (χ3n) is 5.29. The van der Waals surface area contributed by atoms with Crippen molar-refractivity contribution in [3.05, 3.63) is 69.8 Å². The second-order valence-corrected chi connectivity index (χ2v) is 8.98. The summed E-state index contributed by atoms with van der Waals surface area (Å²) in [6.07, 6.45) is 1.45. The van der Waals surface area contributed by atoms with Crippen LogP contribution in [0.25, 0.3) is 10.9 Å². The van der Waals surface area contributed by atoms with E-state index in [0.29, 0.717) is 10.0 Å². The van der Waals surface area contributed by atoms with E-state index in [4.69, 9.17) is 4.74 Å². The summed E-state index contributed by atoms with van der Waals surface area (Å²) in [4.78, 5) is 5.10. The highest BCUT2D eigenvalue weighted by Gasteiger charge is 2.19. The van der Waals surface area contributed by atoms with Crippen LogP contribution in [0.15, 0.2) is 52.1 Å². The second kappa shape index (κ2) is 8.99. The predicted molar refractivity (Wildman–Crippen MR) is 126 cm³/mol. The van der Waals surface area contributed by atoms with Crippen LogP contribution in [0.5, 0.6) is 11.5 Å². The minimum atomic E-state index is 0.0710. The summed E-state index contributed by atoms with van der Waals surface area (Å²) in [6, 6.07) is 15.8. The van der Waals surface area contributed by atoms with Gasteiger partial charge in [0.25, 0.3) is 0 Å². The molecule has 2 heterocycles. The number of methoxy groups -OCH3 is 1. The van der Waals surface area contributed by atoms with Gasteiger partial charge in [-0.25, -0.2) is 4.98 Å². The van der Waals surface area contributed by atoms with E-state index in [1.165, 1.54) is 6.33 Å². The maximum Gasteiger partial charge on any atom is 0.176 e. The van der Waals surface area contributed by atoms with Crippen molar-refractivity contribution in [2.24, 2.45) is 7.05 Å². The number of aryl methyl sites for hydroxylation is 1. The number of nitriles is 2. The van der Waals surface area contributed by atoms with Crippen molar-refractivity contribution in [3.8, 4) is 23.6 Å². The normalized spacial score (nSPS) is 10.8. The van der Waals surface area contributed by atoms with E-state index in [1.807, 2.05) is 49.5 Å². The smallest absolute Gasteiger partial charge is 0.176 e. The van der Waals surface area contributed by atoms with E-state index in [1.54, 1.807) is 23.4 Å². The van der Waals surface area contributed by atoms with E-state index in [9.17, 15) is 15.6 Å². The van der Waals surface area contributed by atoms with Gasteiger partial charge in [0.15, 0.2) is 11.4 Å². The Balaban J connectivity index is 1.73. The van der Waals surface area contributed by atoms with Gasteiger partial charge in [0.05, 0.1) is 24.5 Å². The van der Waals surface area contributed by atoms with Crippen LogP contribution in [-0.4, -0.2) is 26.3 Å². The number of phenolic OH excluding ortho intramolecular Hbond substituents is 1. The molecule has 7 nitrogen and oxygen atoms in total. The molecule has 32 heavy (non-hydrogen) atoms. The fraction of sp³-hybridized carbons (Fsp3) is 0.174. The first-order valence-electron chi connectivity index (χ1n) is 9.57. The monoisotopic (exact) mass is 507 g/mol. The number of nitrogens with zero attached hydrogens (tertiary/aromatic N) is 5. The Labute approximate surface area is 197 Å². The molecule has 4 aromatic rings. The van der Waals surface area contributed by atoms with Crippen molar-refractivity contribution >= 4 is 38.6 Å². The van der Waals surface area contributed by atoms with E-state index >= 15 is 0 Å². The maximum absolute atomic E-state index is 10.8. The zero-order valence-electron chi connectivity index (χ0n) is 17.3. The molecule has 4 rings (SSSR count). The summed E-state index contributed by atoms with van der Waals surface area (Å²) in [7, 11) is 3.64. The van der Waals surface area contributed by atoms with Gasteiger partial charge in [0.2, 0.25) is 0 Å². The molecule has 0 spiro atoms. The molecule has 0 saturated carbocycles. The number of halogens is 1. The number of phenols is 1. The fourth-order valence-electron chi connectivity index (χ4n) is 3.57. The summed E-state index contributed by atoms with van der Waals surface area (Å²) in [5, 5.41) is 30.3. The average Bonchev–Trinajstić information content (AvgIpc) is 3.35. The first-order valence-corrected chi connectivity index (χ1v) is 11.4. The van der Waals surface area contributed by atoms with E-state index in [0.717, 1.165) is 33.0 Å². The van der Waals surface area contributed by atoms with Crippen molar-refractivity contribution in [1.82, 2.24) is 14.1 Å². The summed E-state index contributed by atoms with van der Waals surface area (Å²) >= 11 is 5.14. The van der Waals surface area contributed by atoms with Crippen molar-refractivity contribution in [3.63, 3.8) is 0 Å². The lowest BCUT2D eigenvalue weighted by molar-refractivity contribution is 0.413. The number of thioether (sulfide) groups is 1. The molecule has 0 bridgehead atoms. The lowest BCUT2D eigenvalue weighted by Crippen LogP contribution is -2.03. The van der Waals surface area contributed by atoms with Gasteiger partial charge >= 0.3 is 0 Å². The molecule has 2 aromatic carbocycles. The van der Waals surface area contributed by atoms with Gasteiger partial charge in [-0.15, -0.1) is 11.8 Å². The number of hydrogen-bond donors (Lipinski definition) is 1. The summed E-state index contributed by atoms with van der Waals surface area (Å²) in [6.45, 7) is 0.214. The van der Waals surface area contributed by atoms with Gasteiger partial charge < -0.3 is 19.0 Å². The Morgan fingerprint density at radius 2 is 2.03 bits per heavy atom. The fourth-order valence-corrected chi connectivity index (χ4v) is 4.99. The van der Waals surface area contributed by atoms with Gasteiger partial charge in [0.1, 0.15) is 23.6 Å². The Kier molecular flexibility index (Phi) is 6.13. The van der Waals surface area contributed by atoms with Crippen LogP contribution in [0.1, 0.15) is 22.6 Å². The minimum Gasteiger partial charge on any atom is -0.506 e. The number of hydrogen-bond acceptors (Lipinski definition) is 6. The van der Waals surface area contributed by atoms with E-state index < -0.39 is 0 Å². The van der Waals surface area contributed by atoms with E-state index in [2.05, 4.69) is 31.5 Å². The molecule has 160 valence electrons. The second-order valence-electron chi connectivity index (χ2n) is 7.07. The Morgan fingerprint density at radius 3 is 2.75 bits per heavy atom. The molecule has 1 N–H and O–H groups in total. The lowest BCUT2D eigenvalue weighted by Gasteiger charge is -2.11. The first kappa shape index (κ1) is 21.8. The predicted octanol–water partition coefficient (Wildman–Crippen LogP) is 4.94. The minimum absolute atomic E-state index is 0.0710. The average molecular weight is 508 g/mol. The molecule has 0 aliphatic carbocycles. The SMILES string of the molecule is COc1cccc(SCc2cc3c(Cn4cnc(C#N)c4C#N)c(O)c(Br)cc3n2C)c1. The highest BCUT2D eigenvalue weighted by atomic mass is 79.9. The number of aromatic nitrogens is 3. The van der Waals surface area contributed by atoms with Crippen molar-refractivity contribution in [2.45, 2.75) is 17.2 Å². The van der Waals surface area contributed by atoms with Crippen LogP contribution >= 0.6 is 27.7 Å². The first-order chi connectivity index (χ1) is 15.5. The van der Waals surface area contributed by atoms with Gasteiger partial charge in [0, 0.05) is 39.9 Å². The molecule has 0 fully saturated rings. The van der Waals surface area contributed by atoms with Crippen LogP contribution in [-0.2, 0) is 19.3 Å². The summed E-state index contributed by atoms with van der Waals surface area (Å²) < 4.78 is 9.54. The molecule has 0 radical (unpaired) electrons. The Morgan fingerprint density at radius 1 is 1.22 bits per heavy atom. The molecular weight excluding hydrogens is 490 g/mol. The zero-order valence-corrected chi connectivity index (χ0v) is 19.7. The highest BCUT2D eigenvalue weighted by molar-refractivity contribution is 9.10. The van der Waals surface area contributed by atoms with Crippen LogP contribution in [0.2, 0.25) is 0 Å². The van der Waals surface area contributed by atoms with Crippen molar-refractivity contribution < 1.29 is 9.84 Å². The summed E-state index contributed by atoms with van der Waals surface area (Å²) in [5.41, 5.74) is 2.92. The van der Waals surface area contributed by atoms with Crippen molar-refractivity contribution in [2.75, 3.05) is 7.11 Å². The van der Waals surface area contributed by atoms with Gasteiger partial charge in [-0.05, 0) is 46.3 Å². The quantitative estimate of drug-likeness (QED) is 0.371. The maximum atomic E-state index is 10.8. The number of imidazole rings is 1. The molecule has 0 aliphatic heterocycles. The standard InChI is InChI=1S/C23H18BrN5O2S/c1-28-14(12-32-16-5-3-4-15(7-16)31-2)6-17-18(23(30)19(24)8-21(17)28)11-29-13-27-20(9-25)22(29)10-26/h3-8,13,30H,11-12H2,1-2H3. The van der Waals surface area contributed by atoms with Crippen molar-refractivity contribution in [1.29, 1.82) is 10.5 Å². The molecule has 0 unspecified atom stereocenters. The van der Waals surface area contributed by atoms with Crippen LogP contribution in [0.3, 0.4) is 0 Å². The molecule has 2 aromatic heterocycles. The zero-order chi connectivity index (χ0) is 22.8. The van der Waals surface area contributed by atoms with Gasteiger partial charge in [-0.3, -0.25) is 0 Å². The molecule has 0 atom stereocenters. The van der Waals surface area contributed by atoms with Gasteiger partial charge in [-0.2, -0.15) is 10.5 Å². The Bertz CT molecular complexity index is 1410. The molecule has 0 amide bonds. The van der Waals surface area contributed by atoms with Crippen LogP contribution < -0.4 is 4.74 Å². The third kappa shape index (κ3) is 3.93. The molecule has 0 aliphatic rings.